The van der Waals surface area contributed by atoms with Gasteiger partial charge >= 0.3 is 0 Å². The first-order valence-corrected chi connectivity index (χ1v) is 7.24. The van der Waals surface area contributed by atoms with Gasteiger partial charge in [-0.15, -0.1) is 0 Å². The van der Waals surface area contributed by atoms with E-state index in [4.69, 9.17) is 4.74 Å². The van der Waals surface area contributed by atoms with Gasteiger partial charge in [0.2, 0.25) is 5.69 Å². The predicted octanol–water partition coefficient (Wildman–Crippen LogP) is 3.83. The van der Waals surface area contributed by atoms with Crippen molar-refractivity contribution in [3.63, 3.8) is 0 Å². The maximum Gasteiger partial charge on any atom is 0.209 e. The number of thioether (sulfide) groups is 1. The van der Waals surface area contributed by atoms with Gasteiger partial charge in [-0.2, -0.15) is 4.58 Å². The van der Waals surface area contributed by atoms with Gasteiger partial charge in [0.25, 0.3) is 0 Å². The van der Waals surface area contributed by atoms with Crippen LogP contribution in [0.3, 0.4) is 0 Å². The maximum atomic E-state index is 5.29. The molecule has 0 saturated heterocycles. The second-order valence-corrected chi connectivity index (χ2v) is 5.52. The lowest BCUT2D eigenvalue weighted by Gasteiger charge is -2.13. The van der Waals surface area contributed by atoms with Gasteiger partial charge in [-0.3, -0.25) is 0 Å². The van der Waals surface area contributed by atoms with E-state index in [1.807, 2.05) is 23.9 Å². The number of rotatable bonds is 2. The average Bonchev–Trinajstić information content (AvgIpc) is 2.47. The van der Waals surface area contributed by atoms with Crippen LogP contribution in [0, 0.1) is 6.92 Å². The first kappa shape index (κ1) is 12.3. The summed E-state index contributed by atoms with van der Waals surface area (Å²) in [6, 6.07) is 14.6. The molecule has 0 atom stereocenters. The minimum Gasteiger partial charge on any atom is -0.497 e. The van der Waals surface area contributed by atoms with Gasteiger partial charge in [0.1, 0.15) is 5.75 Å². The highest BCUT2D eigenvalue weighted by Crippen LogP contribution is 2.31. The van der Waals surface area contributed by atoms with Gasteiger partial charge in [0.05, 0.1) is 18.7 Å². The fraction of sp³-hybridized carbons (Fsp3) is 0.188. The fourth-order valence-electron chi connectivity index (χ4n) is 2.25. The van der Waals surface area contributed by atoms with E-state index in [-0.39, 0.29) is 0 Å². The molecule has 96 valence electrons. The SMILES string of the molecule is COc1cccc([N+]2=Cc3cccc(C)c3SC2)c1. The van der Waals surface area contributed by atoms with Crippen LogP contribution >= 0.6 is 11.8 Å². The van der Waals surface area contributed by atoms with Crippen LogP contribution in [0.25, 0.3) is 0 Å². The molecule has 0 aliphatic carbocycles. The monoisotopic (exact) mass is 270 g/mol. The quantitative estimate of drug-likeness (QED) is 0.769. The zero-order chi connectivity index (χ0) is 13.2. The van der Waals surface area contributed by atoms with Crippen molar-refractivity contribution in [3.8, 4) is 5.75 Å². The zero-order valence-corrected chi connectivity index (χ0v) is 11.9. The van der Waals surface area contributed by atoms with E-state index in [9.17, 15) is 0 Å². The molecule has 0 fully saturated rings. The highest BCUT2D eigenvalue weighted by atomic mass is 32.2. The van der Waals surface area contributed by atoms with Crippen molar-refractivity contribution in [1.82, 2.24) is 0 Å². The van der Waals surface area contributed by atoms with Crippen molar-refractivity contribution in [1.29, 1.82) is 0 Å². The number of benzene rings is 2. The molecule has 0 saturated carbocycles. The van der Waals surface area contributed by atoms with Crippen LogP contribution in [-0.2, 0) is 0 Å². The van der Waals surface area contributed by atoms with Crippen molar-refractivity contribution < 1.29 is 9.31 Å². The van der Waals surface area contributed by atoms with Gasteiger partial charge in [-0.05, 0) is 24.6 Å². The molecule has 1 heterocycles. The molecule has 1 aliphatic rings. The standard InChI is InChI=1S/C16H16NOS/c1-12-5-3-6-13-10-17(11-19-16(12)13)14-7-4-8-15(9-14)18-2/h3-10H,11H2,1-2H3/q+1. The van der Waals surface area contributed by atoms with E-state index in [1.54, 1.807) is 7.11 Å². The van der Waals surface area contributed by atoms with Crippen LogP contribution in [0.2, 0.25) is 0 Å². The first-order valence-electron chi connectivity index (χ1n) is 6.26. The molecule has 19 heavy (non-hydrogen) atoms. The molecule has 0 N–H and O–H groups in total. The average molecular weight is 270 g/mol. The van der Waals surface area contributed by atoms with Crippen molar-refractivity contribution in [2.24, 2.45) is 0 Å². The molecule has 2 aromatic rings. The summed E-state index contributed by atoms with van der Waals surface area (Å²) < 4.78 is 7.55. The van der Waals surface area contributed by atoms with E-state index >= 15 is 0 Å². The molecule has 3 heteroatoms. The van der Waals surface area contributed by atoms with Crippen molar-refractivity contribution in [3.05, 3.63) is 53.6 Å². The summed E-state index contributed by atoms with van der Waals surface area (Å²) in [4.78, 5) is 1.39. The molecular weight excluding hydrogens is 254 g/mol. The Labute approximate surface area is 117 Å². The summed E-state index contributed by atoms with van der Waals surface area (Å²) in [7, 11) is 1.70. The van der Waals surface area contributed by atoms with Crippen LogP contribution in [0.15, 0.2) is 47.4 Å². The van der Waals surface area contributed by atoms with Crippen LogP contribution < -0.4 is 4.74 Å². The third-order valence-corrected chi connectivity index (χ3v) is 4.52. The van der Waals surface area contributed by atoms with Crippen molar-refractivity contribution in [2.75, 3.05) is 13.0 Å². The second-order valence-electron chi connectivity index (χ2n) is 4.57. The molecule has 0 spiro atoms. The van der Waals surface area contributed by atoms with Gasteiger partial charge in [-0.1, -0.05) is 30.0 Å². The Kier molecular flexibility index (Phi) is 3.30. The number of hydrogen-bond donors (Lipinski definition) is 0. The van der Waals surface area contributed by atoms with Gasteiger partial charge in [-0.25, -0.2) is 0 Å². The fourth-order valence-corrected chi connectivity index (χ4v) is 3.33. The molecule has 0 unspecified atom stereocenters. The lowest BCUT2D eigenvalue weighted by molar-refractivity contribution is -0.411. The molecular formula is C16H16NOS+. The third kappa shape index (κ3) is 2.38. The summed E-state index contributed by atoms with van der Waals surface area (Å²) in [5, 5.41) is 0. The molecule has 0 bridgehead atoms. The summed E-state index contributed by atoms with van der Waals surface area (Å²) >= 11 is 1.89. The van der Waals surface area contributed by atoms with Crippen LogP contribution in [-0.4, -0.2) is 23.8 Å². The Balaban J connectivity index is 2.03. The molecule has 0 aromatic heterocycles. The Morgan fingerprint density at radius 2 is 2.00 bits per heavy atom. The highest BCUT2D eigenvalue weighted by Gasteiger charge is 2.19. The zero-order valence-electron chi connectivity index (χ0n) is 11.1. The Morgan fingerprint density at radius 3 is 2.84 bits per heavy atom. The van der Waals surface area contributed by atoms with Gasteiger partial charge in [0, 0.05) is 11.0 Å². The molecule has 1 aliphatic heterocycles. The van der Waals surface area contributed by atoms with Crippen molar-refractivity contribution in [2.45, 2.75) is 11.8 Å². The lowest BCUT2D eigenvalue weighted by Crippen LogP contribution is -2.13. The normalized spacial score (nSPS) is 13.7. The third-order valence-electron chi connectivity index (χ3n) is 3.27. The summed E-state index contributed by atoms with van der Waals surface area (Å²) in [5.74, 6) is 1.83. The van der Waals surface area contributed by atoms with Gasteiger partial charge < -0.3 is 4.74 Å². The number of nitrogens with zero attached hydrogens (tertiary/aromatic N) is 1. The van der Waals surface area contributed by atoms with E-state index < -0.39 is 0 Å². The van der Waals surface area contributed by atoms with E-state index in [0.717, 1.165) is 11.6 Å². The first-order chi connectivity index (χ1) is 9.28. The van der Waals surface area contributed by atoms with E-state index in [1.165, 1.54) is 21.7 Å². The van der Waals surface area contributed by atoms with E-state index in [0.29, 0.717) is 0 Å². The largest absolute Gasteiger partial charge is 0.497 e. The summed E-state index contributed by atoms with van der Waals surface area (Å²) in [6.07, 6.45) is 2.22. The van der Waals surface area contributed by atoms with Crippen LogP contribution in [0.1, 0.15) is 11.1 Å². The topological polar surface area (TPSA) is 12.2 Å². The molecule has 0 radical (unpaired) electrons. The Hall–Kier alpha value is -1.74. The maximum absolute atomic E-state index is 5.29. The number of fused-ring (bicyclic) bond motifs is 1. The molecule has 0 amide bonds. The highest BCUT2D eigenvalue weighted by molar-refractivity contribution is 7.99. The number of methoxy groups -OCH3 is 1. The van der Waals surface area contributed by atoms with Crippen LogP contribution in [0.5, 0.6) is 5.75 Å². The summed E-state index contributed by atoms with van der Waals surface area (Å²) in [6.45, 7) is 2.17. The minimum atomic E-state index is 0.894. The molecule has 2 nitrogen and oxygen atoms in total. The minimum absolute atomic E-state index is 0.894. The molecule has 2 aromatic carbocycles. The Bertz CT molecular complexity index is 649. The summed E-state index contributed by atoms with van der Waals surface area (Å²) in [5.41, 5.74) is 3.81. The number of hydrogen-bond acceptors (Lipinski definition) is 2. The number of aryl methyl sites for hydroxylation is 1. The van der Waals surface area contributed by atoms with Gasteiger partial charge in [0.15, 0.2) is 12.1 Å². The lowest BCUT2D eigenvalue weighted by atomic mass is 10.1. The molecule has 3 rings (SSSR count). The second kappa shape index (κ2) is 5.10. The van der Waals surface area contributed by atoms with Crippen LogP contribution in [0.4, 0.5) is 5.69 Å². The predicted molar refractivity (Wildman–Crippen MR) is 80.0 cm³/mol. The number of ether oxygens (including phenoxy) is 1. The Morgan fingerprint density at radius 1 is 1.16 bits per heavy atom. The smallest absolute Gasteiger partial charge is 0.209 e. The van der Waals surface area contributed by atoms with E-state index in [2.05, 4.69) is 48.0 Å². The van der Waals surface area contributed by atoms with Crippen molar-refractivity contribution >= 4 is 23.7 Å².